The maximum Gasteiger partial charge on any atom is 0.316 e. The van der Waals surface area contributed by atoms with E-state index in [2.05, 4.69) is 0 Å². The van der Waals surface area contributed by atoms with Crippen LogP contribution in [-0.2, 0) is 29.7 Å². The summed E-state index contributed by atoms with van der Waals surface area (Å²) >= 11 is 0. The van der Waals surface area contributed by atoms with Gasteiger partial charge in [0.2, 0.25) is 0 Å². The van der Waals surface area contributed by atoms with E-state index in [1.54, 1.807) is 18.2 Å². The summed E-state index contributed by atoms with van der Waals surface area (Å²) in [6.45, 7) is -1.41. The molecule has 2 fully saturated rings. The highest BCUT2D eigenvalue weighted by Crippen LogP contribution is 2.37. The molecule has 2 heterocycles. The van der Waals surface area contributed by atoms with Gasteiger partial charge in [-0.1, -0.05) is 30.3 Å². The van der Waals surface area contributed by atoms with E-state index in [0.717, 1.165) is 7.11 Å². The first-order valence-corrected chi connectivity index (χ1v) is 10.3. The molecule has 188 valence electrons. The summed E-state index contributed by atoms with van der Waals surface area (Å²) in [6.07, 6.45) is -16.4. The molecule has 0 aliphatic carbocycles. The zero-order chi connectivity index (χ0) is 24.3. The lowest BCUT2D eigenvalue weighted by Crippen LogP contribution is -2.63. The van der Waals surface area contributed by atoms with Crippen LogP contribution in [0.15, 0.2) is 30.3 Å². The van der Waals surface area contributed by atoms with E-state index in [4.69, 9.17) is 23.7 Å². The summed E-state index contributed by atoms with van der Waals surface area (Å²) in [6, 6.07) is 7.85. The van der Waals surface area contributed by atoms with Crippen molar-refractivity contribution < 1.29 is 64.5 Å². The first kappa shape index (κ1) is 26.3. The normalized spacial score (nSPS) is 41.5. The van der Waals surface area contributed by atoms with Crippen LogP contribution in [0.4, 0.5) is 0 Å². The van der Waals surface area contributed by atoms with E-state index in [-0.39, 0.29) is 5.56 Å². The number of hydrogen-bond donors (Lipinski definition) is 8. The van der Waals surface area contributed by atoms with Gasteiger partial charge >= 0.3 is 5.97 Å². The molecule has 0 bridgehead atoms. The van der Waals surface area contributed by atoms with Gasteiger partial charge in [-0.15, -0.1) is 0 Å². The maximum absolute atomic E-state index is 10.4. The molecule has 10 atom stereocenters. The SMILES string of the molecule is COC(OC1O[C@H](CO)[C@H](O)[C@H](O)[C@H]1O)(OC1O[C@H](CO)[C@H](O)[C@H](O)[C@H]1O)c1ccccc1. The molecule has 2 saturated heterocycles. The molecular formula is C20H30O13. The van der Waals surface area contributed by atoms with Crippen molar-refractivity contribution in [3.63, 3.8) is 0 Å². The lowest BCUT2D eigenvalue weighted by molar-refractivity contribution is -0.486. The molecule has 13 nitrogen and oxygen atoms in total. The highest BCUT2D eigenvalue weighted by Gasteiger charge is 2.53. The Bertz CT molecular complexity index is 694. The molecule has 2 unspecified atom stereocenters. The van der Waals surface area contributed by atoms with Crippen LogP contribution in [0.1, 0.15) is 5.56 Å². The Kier molecular flexibility index (Phi) is 8.74. The Hall–Kier alpha value is -1.30. The van der Waals surface area contributed by atoms with Crippen molar-refractivity contribution in [2.45, 2.75) is 67.4 Å². The fourth-order valence-corrected chi connectivity index (χ4v) is 3.66. The van der Waals surface area contributed by atoms with Crippen LogP contribution in [0, 0.1) is 0 Å². The van der Waals surface area contributed by atoms with Crippen molar-refractivity contribution in [1.82, 2.24) is 0 Å². The highest BCUT2D eigenvalue weighted by molar-refractivity contribution is 5.19. The fourth-order valence-electron chi connectivity index (χ4n) is 3.66. The molecule has 8 N–H and O–H groups in total. The molecule has 13 heteroatoms. The molecule has 0 radical (unpaired) electrons. The van der Waals surface area contributed by atoms with Gasteiger partial charge in [-0.05, 0) is 0 Å². The monoisotopic (exact) mass is 478 g/mol. The second-order valence-corrected chi connectivity index (χ2v) is 7.76. The Labute approximate surface area is 188 Å². The van der Waals surface area contributed by atoms with Gasteiger partial charge in [-0.2, -0.15) is 0 Å². The lowest BCUT2D eigenvalue weighted by atomic mass is 9.99. The Morgan fingerprint density at radius 1 is 0.697 bits per heavy atom. The summed E-state index contributed by atoms with van der Waals surface area (Å²) in [5, 5.41) is 79.9. The minimum absolute atomic E-state index is 0.168. The van der Waals surface area contributed by atoms with E-state index in [1.807, 2.05) is 0 Å². The molecule has 3 rings (SSSR count). The molecule has 0 amide bonds. The Morgan fingerprint density at radius 3 is 1.48 bits per heavy atom. The standard InChI is InChI=1S/C20H30O13/c1-29-20(9-5-3-2-4-6-9,32-18-16(27)14(25)12(23)10(7-21)30-18)33-19-17(28)15(26)13(24)11(8-22)31-19/h2-6,10-19,21-28H,7-8H2,1H3/t10-,11-,12+,13+,14+,15+,16-,17-,18?,19?,20?/m1/s1. The van der Waals surface area contributed by atoms with E-state index in [1.165, 1.54) is 12.1 Å². The quantitative estimate of drug-likeness (QED) is 0.168. The number of aliphatic hydroxyl groups excluding tert-OH is 8. The van der Waals surface area contributed by atoms with Gasteiger partial charge in [0.15, 0.2) is 12.6 Å². The number of methoxy groups -OCH3 is 1. The lowest BCUT2D eigenvalue weighted by Gasteiger charge is -2.46. The number of aliphatic hydroxyl groups is 8. The Balaban J connectivity index is 1.94. The van der Waals surface area contributed by atoms with Crippen LogP contribution in [0.5, 0.6) is 0 Å². The first-order chi connectivity index (χ1) is 15.7. The van der Waals surface area contributed by atoms with Crippen LogP contribution in [0.2, 0.25) is 0 Å². The molecule has 2 aliphatic rings. The van der Waals surface area contributed by atoms with Crippen molar-refractivity contribution in [3.8, 4) is 0 Å². The number of benzene rings is 1. The minimum Gasteiger partial charge on any atom is -0.394 e. The van der Waals surface area contributed by atoms with Crippen LogP contribution in [-0.4, -0.2) is 123 Å². The van der Waals surface area contributed by atoms with Crippen molar-refractivity contribution >= 4 is 0 Å². The average molecular weight is 478 g/mol. The van der Waals surface area contributed by atoms with Crippen molar-refractivity contribution in [1.29, 1.82) is 0 Å². The number of hydrogen-bond acceptors (Lipinski definition) is 13. The average Bonchev–Trinajstić information content (AvgIpc) is 2.84. The second kappa shape index (κ2) is 11.0. The van der Waals surface area contributed by atoms with E-state index < -0.39 is 80.6 Å². The molecular weight excluding hydrogens is 448 g/mol. The molecule has 0 spiro atoms. The molecule has 1 aromatic carbocycles. The van der Waals surface area contributed by atoms with Gasteiger partial charge in [0, 0.05) is 12.7 Å². The predicted octanol–water partition coefficient (Wildman–Crippen LogP) is -3.92. The van der Waals surface area contributed by atoms with Crippen molar-refractivity contribution in [3.05, 3.63) is 35.9 Å². The second-order valence-electron chi connectivity index (χ2n) is 7.76. The van der Waals surface area contributed by atoms with Gasteiger partial charge < -0.3 is 55.1 Å². The third-order valence-electron chi connectivity index (χ3n) is 5.64. The van der Waals surface area contributed by atoms with E-state index >= 15 is 0 Å². The van der Waals surface area contributed by atoms with Crippen LogP contribution >= 0.6 is 0 Å². The maximum atomic E-state index is 10.4. The highest BCUT2D eigenvalue weighted by atomic mass is 16.9. The predicted molar refractivity (Wildman–Crippen MR) is 105 cm³/mol. The van der Waals surface area contributed by atoms with Gasteiger partial charge in [0.1, 0.15) is 48.8 Å². The van der Waals surface area contributed by atoms with Crippen LogP contribution in [0.3, 0.4) is 0 Å². The zero-order valence-corrected chi connectivity index (χ0v) is 17.7. The molecule has 0 saturated carbocycles. The summed E-state index contributed by atoms with van der Waals surface area (Å²) in [7, 11) is 1.15. The molecule has 33 heavy (non-hydrogen) atoms. The van der Waals surface area contributed by atoms with Gasteiger partial charge in [-0.25, -0.2) is 0 Å². The number of ether oxygens (including phenoxy) is 5. The van der Waals surface area contributed by atoms with Gasteiger partial charge in [0.25, 0.3) is 0 Å². The molecule has 1 aromatic rings. The van der Waals surface area contributed by atoms with E-state index in [9.17, 15) is 40.9 Å². The Morgan fingerprint density at radius 2 is 1.12 bits per heavy atom. The van der Waals surface area contributed by atoms with Gasteiger partial charge in [-0.3, -0.25) is 9.47 Å². The van der Waals surface area contributed by atoms with Crippen molar-refractivity contribution in [2.24, 2.45) is 0 Å². The van der Waals surface area contributed by atoms with Crippen molar-refractivity contribution in [2.75, 3.05) is 20.3 Å². The summed E-state index contributed by atoms with van der Waals surface area (Å²) < 4.78 is 27.7. The van der Waals surface area contributed by atoms with Crippen LogP contribution < -0.4 is 0 Å². The van der Waals surface area contributed by atoms with Gasteiger partial charge in [0.05, 0.1) is 13.2 Å². The first-order valence-electron chi connectivity index (χ1n) is 10.3. The minimum atomic E-state index is -2.29. The zero-order valence-electron chi connectivity index (χ0n) is 17.7. The molecule has 0 aromatic heterocycles. The third kappa shape index (κ3) is 5.21. The van der Waals surface area contributed by atoms with E-state index in [0.29, 0.717) is 0 Å². The largest absolute Gasteiger partial charge is 0.394 e. The topological polar surface area (TPSA) is 208 Å². The summed E-state index contributed by atoms with van der Waals surface area (Å²) in [5.74, 6) is -2.29. The number of rotatable bonds is 8. The fraction of sp³-hybridized carbons (Fsp3) is 0.700. The smallest absolute Gasteiger partial charge is 0.316 e. The summed E-state index contributed by atoms with van der Waals surface area (Å²) in [4.78, 5) is 0. The van der Waals surface area contributed by atoms with Crippen LogP contribution in [0.25, 0.3) is 0 Å². The third-order valence-corrected chi connectivity index (χ3v) is 5.64. The molecule has 2 aliphatic heterocycles. The summed E-state index contributed by atoms with van der Waals surface area (Å²) in [5.41, 5.74) is 0.168.